The van der Waals surface area contributed by atoms with E-state index >= 15 is 0 Å². The molecular formula is C15H20FNO. The Bertz CT molecular complexity index is 444. The fourth-order valence-corrected chi connectivity index (χ4v) is 2.54. The average molecular weight is 249 g/mol. The number of carbonyl (C=O) groups excluding carboxylic acids is 1. The van der Waals surface area contributed by atoms with Gasteiger partial charge in [-0.05, 0) is 49.4 Å². The minimum absolute atomic E-state index is 0.0382. The van der Waals surface area contributed by atoms with Gasteiger partial charge in [0.25, 0.3) is 5.91 Å². The highest BCUT2D eigenvalue weighted by Crippen LogP contribution is 2.21. The molecule has 0 saturated carbocycles. The molecule has 0 aromatic heterocycles. The van der Waals surface area contributed by atoms with Crippen molar-refractivity contribution >= 4 is 5.91 Å². The Labute approximate surface area is 108 Å². The summed E-state index contributed by atoms with van der Waals surface area (Å²) in [5.41, 5.74) is 1.13. The number of aryl methyl sites for hydroxylation is 1. The van der Waals surface area contributed by atoms with Crippen LogP contribution in [0, 0.1) is 18.7 Å². The Hall–Kier alpha value is -1.38. The van der Waals surface area contributed by atoms with Crippen LogP contribution in [0.25, 0.3) is 0 Å². The molecule has 2 rings (SSSR count). The Kier molecular flexibility index (Phi) is 4.00. The van der Waals surface area contributed by atoms with Crippen molar-refractivity contribution in [3.05, 3.63) is 35.1 Å². The van der Waals surface area contributed by atoms with Crippen LogP contribution in [0.3, 0.4) is 0 Å². The molecule has 0 radical (unpaired) electrons. The molecule has 1 saturated heterocycles. The standard InChI is InChI=1S/C15H20FNO/c1-3-12-5-4-8-17(10-12)15(18)13-6-7-14(16)11(2)9-13/h6-7,9,12H,3-5,8,10H2,1-2H3. The summed E-state index contributed by atoms with van der Waals surface area (Å²) < 4.78 is 13.2. The number of likely N-dealkylation sites (tertiary alicyclic amines) is 1. The van der Waals surface area contributed by atoms with Crippen LogP contribution in [0.2, 0.25) is 0 Å². The number of halogens is 1. The topological polar surface area (TPSA) is 20.3 Å². The van der Waals surface area contributed by atoms with Gasteiger partial charge in [-0.3, -0.25) is 4.79 Å². The second kappa shape index (κ2) is 5.51. The van der Waals surface area contributed by atoms with Crippen molar-refractivity contribution in [3.63, 3.8) is 0 Å². The molecule has 0 aliphatic carbocycles. The number of hydrogen-bond acceptors (Lipinski definition) is 1. The highest BCUT2D eigenvalue weighted by atomic mass is 19.1. The summed E-state index contributed by atoms with van der Waals surface area (Å²) in [6.07, 6.45) is 3.40. The molecule has 1 aliphatic heterocycles. The van der Waals surface area contributed by atoms with E-state index in [2.05, 4.69) is 6.92 Å². The van der Waals surface area contributed by atoms with Crippen molar-refractivity contribution in [1.82, 2.24) is 4.90 Å². The van der Waals surface area contributed by atoms with Crippen molar-refractivity contribution in [2.75, 3.05) is 13.1 Å². The van der Waals surface area contributed by atoms with E-state index in [0.29, 0.717) is 17.0 Å². The van der Waals surface area contributed by atoms with Gasteiger partial charge in [0.05, 0.1) is 0 Å². The first kappa shape index (κ1) is 13.1. The fourth-order valence-electron chi connectivity index (χ4n) is 2.54. The van der Waals surface area contributed by atoms with Gasteiger partial charge in [0.1, 0.15) is 5.82 Å². The van der Waals surface area contributed by atoms with Gasteiger partial charge in [0.2, 0.25) is 0 Å². The lowest BCUT2D eigenvalue weighted by molar-refractivity contribution is 0.0671. The first-order chi connectivity index (χ1) is 8.61. The maximum atomic E-state index is 13.2. The number of benzene rings is 1. The minimum atomic E-state index is -0.253. The third kappa shape index (κ3) is 2.71. The van der Waals surface area contributed by atoms with E-state index < -0.39 is 0 Å². The molecule has 1 unspecified atom stereocenters. The number of nitrogens with zero attached hydrogens (tertiary/aromatic N) is 1. The van der Waals surface area contributed by atoms with Crippen LogP contribution in [-0.4, -0.2) is 23.9 Å². The molecule has 1 fully saturated rings. The fraction of sp³-hybridized carbons (Fsp3) is 0.533. The maximum Gasteiger partial charge on any atom is 0.253 e. The lowest BCUT2D eigenvalue weighted by Gasteiger charge is -2.32. The highest BCUT2D eigenvalue weighted by Gasteiger charge is 2.23. The molecule has 2 nitrogen and oxygen atoms in total. The second-order valence-electron chi connectivity index (χ2n) is 5.13. The smallest absolute Gasteiger partial charge is 0.253 e. The lowest BCUT2D eigenvalue weighted by atomic mass is 9.95. The number of rotatable bonds is 2. The molecule has 98 valence electrons. The van der Waals surface area contributed by atoms with E-state index in [9.17, 15) is 9.18 Å². The predicted molar refractivity (Wildman–Crippen MR) is 70.1 cm³/mol. The van der Waals surface area contributed by atoms with Gasteiger partial charge in [0.15, 0.2) is 0 Å². The van der Waals surface area contributed by atoms with E-state index in [1.807, 2.05) is 4.90 Å². The number of amides is 1. The minimum Gasteiger partial charge on any atom is -0.338 e. The third-order valence-electron chi connectivity index (χ3n) is 3.79. The van der Waals surface area contributed by atoms with Crippen LogP contribution in [0.4, 0.5) is 4.39 Å². The summed E-state index contributed by atoms with van der Waals surface area (Å²) in [4.78, 5) is 14.2. The van der Waals surface area contributed by atoms with Gasteiger partial charge in [-0.2, -0.15) is 0 Å². The van der Waals surface area contributed by atoms with Gasteiger partial charge in [-0.1, -0.05) is 13.3 Å². The van der Waals surface area contributed by atoms with Gasteiger partial charge < -0.3 is 4.90 Å². The number of carbonyl (C=O) groups is 1. The molecular weight excluding hydrogens is 229 g/mol. The summed E-state index contributed by atoms with van der Waals surface area (Å²) in [6, 6.07) is 4.61. The number of piperidine rings is 1. The van der Waals surface area contributed by atoms with E-state index in [-0.39, 0.29) is 11.7 Å². The summed E-state index contributed by atoms with van der Waals surface area (Å²) in [5.74, 6) is 0.400. The van der Waals surface area contributed by atoms with Crippen LogP contribution in [0.15, 0.2) is 18.2 Å². The van der Waals surface area contributed by atoms with E-state index in [1.165, 1.54) is 12.5 Å². The zero-order chi connectivity index (χ0) is 13.1. The molecule has 1 heterocycles. The molecule has 0 N–H and O–H groups in total. The first-order valence-electron chi connectivity index (χ1n) is 6.67. The predicted octanol–water partition coefficient (Wildman–Crippen LogP) is 3.40. The van der Waals surface area contributed by atoms with Gasteiger partial charge in [0, 0.05) is 18.7 Å². The summed E-state index contributed by atoms with van der Waals surface area (Å²) in [7, 11) is 0. The highest BCUT2D eigenvalue weighted by molar-refractivity contribution is 5.94. The van der Waals surface area contributed by atoms with Crippen molar-refractivity contribution in [2.24, 2.45) is 5.92 Å². The maximum absolute atomic E-state index is 13.2. The van der Waals surface area contributed by atoms with Crippen LogP contribution in [-0.2, 0) is 0 Å². The average Bonchev–Trinajstić information content (AvgIpc) is 2.41. The normalized spacial score (nSPS) is 19.9. The van der Waals surface area contributed by atoms with Crippen molar-refractivity contribution in [2.45, 2.75) is 33.1 Å². The van der Waals surface area contributed by atoms with Crippen molar-refractivity contribution in [1.29, 1.82) is 0 Å². The largest absolute Gasteiger partial charge is 0.338 e. The van der Waals surface area contributed by atoms with Crippen LogP contribution in [0.1, 0.15) is 42.1 Å². The monoisotopic (exact) mass is 249 g/mol. The molecule has 0 bridgehead atoms. The van der Waals surface area contributed by atoms with Crippen LogP contribution < -0.4 is 0 Å². The first-order valence-corrected chi connectivity index (χ1v) is 6.67. The SMILES string of the molecule is CCC1CCCN(C(=O)c2ccc(F)c(C)c2)C1. The van der Waals surface area contributed by atoms with Crippen molar-refractivity contribution < 1.29 is 9.18 Å². The summed E-state index contributed by atoms with van der Waals surface area (Å²) >= 11 is 0. The van der Waals surface area contributed by atoms with Gasteiger partial charge in [-0.25, -0.2) is 4.39 Å². The Morgan fingerprint density at radius 3 is 2.94 bits per heavy atom. The second-order valence-corrected chi connectivity index (χ2v) is 5.13. The Morgan fingerprint density at radius 2 is 2.28 bits per heavy atom. The molecule has 1 aromatic rings. The quantitative estimate of drug-likeness (QED) is 0.786. The van der Waals surface area contributed by atoms with E-state index in [1.54, 1.807) is 19.1 Å². The van der Waals surface area contributed by atoms with Gasteiger partial charge >= 0.3 is 0 Å². The van der Waals surface area contributed by atoms with Crippen LogP contribution in [0.5, 0.6) is 0 Å². The zero-order valence-corrected chi connectivity index (χ0v) is 11.1. The molecule has 1 amide bonds. The summed E-state index contributed by atoms with van der Waals surface area (Å²) in [5, 5.41) is 0. The number of hydrogen-bond donors (Lipinski definition) is 0. The Balaban J connectivity index is 2.12. The molecule has 1 aliphatic rings. The molecule has 0 spiro atoms. The summed E-state index contributed by atoms with van der Waals surface area (Å²) in [6.45, 7) is 5.52. The van der Waals surface area contributed by atoms with Crippen LogP contribution >= 0.6 is 0 Å². The Morgan fingerprint density at radius 1 is 1.50 bits per heavy atom. The van der Waals surface area contributed by atoms with Gasteiger partial charge in [-0.15, -0.1) is 0 Å². The van der Waals surface area contributed by atoms with E-state index in [0.717, 1.165) is 25.9 Å². The lowest BCUT2D eigenvalue weighted by Crippen LogP contribution is -2.39. The zero-order valence-electron chi connectivity index (χ0n) is 11.1. The van der Waals surface area contributed by atoms with E-state index in [4.69, 9.17) is 0 Å². The third-order valence-corrected chi connectivity index (χ3v) is 3.79. The molecule has 18 heavy (non-hydrogen) atoms. The van der Waals surface area contributed by atoms with Crippen molar-refractivity contribution in [3.8, 4) is 0 Å². The molecule has 3 heteroatoms. The molecule has 1 aromatic carbocycles. The molecule has 1 atom stereocenters.